The third-order valence-corrected chi connectivity index (χ3v) is 1.95. The van der Waals surface area contributed by atoms with E-state index < -0.39 is 11.6 Å². The fourth-order valence-corrected chi connectivity index (χ4v) is 1.12. The van der Waals surface area contributed by atoms with Crippen LogP contribution in [0.5, 0.6) is 0 Å². The minimum Gasteiger partial charge on any atom is -0.385 e. The number of anilines is 1. The first-order valence-electron chi connectivity index (χ1n) is 4.70. The molecule has 0 fully saturated rings. The van der Waals surface area contributed by atoms with E-state index in [1.54, 1.807) is 7.11 Å². The van der Waals surface area contributed by atoms with E-state index in [9.17, 15) is 8.78 Å². The fraction of sp³-hybridized carbons (Fsp3) is 0.500. The van der Waals surface area contributed by atoms with Gasteiger partial charge in [0.1, 0.15) is 5.82 Å². The Hall–Kier alpha value is -1.23. The summed E-state index contributed by atoms with van der Waals surface area (Å²) in [7, 11) is 1.60. The van der Waals surface area contributed by atoms with Gasteiger partial charge in [0.05, 0.1) is 6.20 Å². The van der Waals surface area contributed by atoms with E-state index in [2.05, 4.69) is 10.3 Å². The SMILES string of the molecule is COCCC(C)Nc1ncc(F)cc1F. The van der Waals surface area contributed by atoms with Gasteiger partial charge < -0.3 is 10.1 Å². The molecule has 1 unspecified atom stereocenters. The van der Waals surface area contributed by atoms with Crippen LogP contribution in [-0.2, 0) is 4.74 Å². The van der Waals surface area contributed by atoms with Crippen molar-refractivity contribution in [1.82, 2.24) is 4.98 Å². The molecule has 84 valence electrons. The standard InChI is InChI=1S/C10H14F2N2O/c1-7(3-4-15-2)14-10-9(12)5-8(11)6-13-10/h5-7H,3-4H2,1-2H3,(H,13,14). The summed E-state index contributed by atoms with van der Waals surface area (Å²) in [4.78, 5) is 3.62. The van der Waals surface area contributed by atoms with Crippen molar-refractivity contribution >= 4 is 5.82 Å². The highest BCUT2D eigenvalue weighted by Crippen LogP contribution is 2.12. The second-order valence-corrected chi connectivity index (χ2v) is 3.31. The van der Waals surface area contributed by atoms with Crippen molar-refractivity contribution in [2.45, 2.75) is 19.4 Å². The molecule has 0 aliphatic heterocycles. The number of rotatable bonds is 5. The molecule has 1 aromatic rings. The summed E-state index contributed by atoms with van der Waals surface area (Å²) >= 11 is 0. The normalized spacial score (nSPS) is 12.5. The number of pyridine rings is 1. The molecule has 1 rings (SSSR count). The molecule has 1 N–H and O–H groups in total. The van der Waals surface area contributed by atoms with Crippen LogP contribution in [0.1, 0.15) is 13.3 Å². The molecular weight excluding hydrogens is 202 g/mol. The Balaban J connectivity index is 2.56. The van der Waals surface area contributed by atoms with Crippen LogP contribution in [0.25, 0.3) is 0 Å². The predicted octanol–water partition coefficient (Wildman–Crippen LogP) is 2.20. The number of methoxy groups -OCH3 is 1. The molecule has 0 bridgehead atoms. The van der Waals surface area contributed by atoms with Crippen LogP contribution < -0.4 is 5.32 Å². The number of halogens is 2. The van der Waals surface area contributed by atoms with Crippen molar-refractivity contribution < 1.29 is 13.5 Å². The predicted molar refractivity (Wildman–Crippen MR) is 53.7 cm³/mol. The summed E-state index contributed by atoms with van der Waals surface area (Å²) in [5, 5.41) is 2.84. The zero-order valence-corrected chi connectivity index (χ0v) is 8.76. The molecule has 15 heavy (non-hydrogen) atoms. The third-order valence-electron chi connectivity index (χ3n) is 1.95. The zero-order chi connectivity index (χ0) is 11.3. The molecule has 3 nitrogen and oxygen atoms in total. The second kappa shape index (κ2) is 5.60. The molecule has 1 aromatic heterocycles. The largest absolute Gasteiger partial charge is 0.385 e. The highest BCUT2D eigenvalue weighted by Gasteiger charge is 2.08. The zero-order valence-electron chi connectivity index (χ0n) is 8.76. The Morgan fingerprint density at radius 3 is 2.87 bits per heavy atom. The van der Waals surface area contributed by atoms with Crippen molar-refractivity contribution in [1.29, 1.82) is 0 Å². The molecule has 0 amide bonds. The number of hydrogen-bond donors (Lipinski definition) is 1. The Morgan fingerprint density at radius 1 is 1.53 bits per heavy atom. The number of hydrogen-bond acceptors (Lipinski definition) is 3. The number of nitrogens with zero attached hydrogens (tertiary/aromatic N) is 1. The van der Waals surface area contributed by atoms with Gasteiger partial charge in [-0.05, 0) is 13.3 Å². The fourth-order valence-electron chi connectivity index (χ4n) is 1.12. The minimum absolute atomic E-state index is 0.0254. The van der Waals surface area contributed by atoms with E-state index in [1.165, 1.54) is 0 Å². The van der Waals surface area contributed by atoms with Gasteiger partial charge in [-0.2, -0.15) is 0 Å². The van der Waals surface area contributed by atoms with E-state index in [1.807, 2.05) is 6.92 Å². The van der Waals surface area contributed by atoms with Crippen molar-refractivity contribution in [2.24, 2.45) is 0 Å². The van der Waals surface area contributed by atoms with E-state index >= 15 is 0 Å². The van der Waals surface area contributed by atoms with E-state index in [4.69, 9.17) is 4.74 Å². The Bertz CT molecular complexity index is 320. The summed E-state index contributed by atoms with van der Waals surface area (Å²) in [5.41, 5.74) is 0. The Morgan fingerprint density at radius 2 is 2.27 bits per heavy atom. The highest BCUT2D eigenvalue weighted by molar-refractivity contribution is 5.36. The molecule has 0 spiro atoms. The van der Waals surface area contributed by atoms with Gasteiger partial charge in [-0.3, -0.25) is 0 Å². The summed E-state index contributed by atoms with van der Waals surface area (Å²) in [6, 6.07) is 0.829. The first-order valence-corrected chi connectivity index (χ1v) is 4.70. The summed E-state index contributed by atoms with van der Waals surface area (Å²) in [5.74, 6) is -1.29. The van der Waals surface area contributed by atoms with Gasteiger partial charge >= 0.3 is 0 Å². The Kier molecular flexibility index (Phi) is 4.42. The van der Waals surface area contributed by atoms with Gasteiger partial charge in [-0.1, -0.05) is 0 Å². The smallest absolute Gasteiger partial charge is 0.168 e. The molecule has 5 heteroatoms. The Labute approximate surface area is 87.5 Å². The quantitative estimate of drug-likeness (QED) is 0.819. The maximum absolute atomic E-state index is 13.1. The molecule has 0 aliphatic carbocycles. The molecule has 0 saturated heterocycles. The van der Waals surface area contributed by atoms with Gasteiger partial charge in [-0.25, -0.2) is 13.8 Å². The summed E-state index contributed by atoms with van der Waals surface area (Å²) in [6.07, 6.45) is 1.71. The van der Waals surface area contributed by atoms with Gasteiger partial charge in [0.15, 0.2) is 11.6 Å². The van der Waals surface area contributed by atoms with E-state index in [0.29, 0.717) is 6.61 Å². The monoisotopic (exact) mass is 216 g/mol. The third kappa shape index (κ3) is 3.79. The molecule has 1 heterocycles. The van der Waals surface area contributed by atoms with Gasteiger partial charge in [-0.15, -0.1) is 0 Å². The van der Waals surface area contributed by atoms with Crippen LogP contribution >= 0.6 is 0 Å². The maximum Gasteiger partial charge on any atom is 0.168 e. The molecule has 0 aliphatic rings. The first kappa shape index (κ1) is 11.8. The average Bonchev–Trinajstić information content (AvgIpc) is 2.19. The highest BCUT2D eigenvalue weighted by atomic mass is 19.1. The van der Waals surface area contributed by atoms with Crippen LogP contribution in [0.15, 0.2) is 12.3 Å². The minimum atomic E-state index is -0.681. The maximum atomic E-state index is 13.1. The number of ether oxygens (including phenoxy) is 1. The molecular formula is C10H14F2N2O. The van der Waals surface area contributed by atoms with Crippen LogP contribution in [0, 0.1) is 11.6 Å². The van der Waals surface area contributed by atoms with Crippen molar-refractivity contribution in [3.8, 4) is 0 Å². The molecule has 0 saturated carbocycles. The van der Waals surface area contributed by atoms with E-state index in [-0.39, 0.29) is 11.9 Å². The summed E-state index contributed by atoms with van der Waals surface area (Å²) in [6.45, 7) is 2.46. The van der Waals surface area contributed by atoms with Crippen LogP contribution in [0.4, 0.5) is 14.6 Å². The lowest BCUT2D eigenvalue weighted by atomic mass is 10.2. The van der Waals surface area contributed by atoms with E-state index in [0.717, 1.165) is 18.7 Å². The van der Waals surface area contributed by atoms with Gasteiger partial charge in [0.2, 0.25) is 0 Å². The number of nitrogens with one attached hydrogen (secondary N) is 1. The van der Waals surface area contributed by atoms with Gasteiger partial charge in [0.25, 0.3) is 0 Å². The first-order chi connectivity index (χ1) is 7.13. The molecule has 0 aromatic carbocycles. The number of aromatic nitrogens is 1. The average molecular weight is 216 g/mol. The van der Waals surface area contributed by atoms with Crippen LogP contribution in [0.3, 0.4) is 0 Å². The molecule has 1 atom stereocenters. The lowest BCUT2D eigenvalue weighted by Crippen LogP contribution is -2.18. The van der Waals surface area contributed by atoms with Crippen molar-refractivity contribution in [3.63, 3.8) is 0 Å². The topological polar surface area (TPSA) is 34.1 Å². The van der Waals surface area contributed by atoms with Gasteiger partial charge in [0, 0.05) is 25.8 Å². The summed E-state index contributed by atoms with van der Waals surface area (Å²) < 4.78 is 30.6. The van der Waals surface area contributed by atoms with Crippen molar-refractivity contribution in [2.75, 3.05) is 19.0 Å². The second-order valence-electron chi connectivity index (χ2n) is 3.31. The molecule has 0 radical (unpaired) electrons. The lowest BCUT2D eigenvalue weighted by Gasteiger charge is -2.14. The van der Waals surface area contributed by atoms with Crippen LogP contribution in [0.2, 0.25) is 0 Å². The lowest BCUT2D eigenvalue weighted by molar-refractivity contribution is 0.191. The van der Waals surface area contributed by atoms with Crippen LogP contribution in [-0.4, -0.2) is 24.7 Å². The van der Waals surface area contributed by atoms with Crippen molar-refractivity contribution in [3.05, 3.63) is 23.9 Å².